The predicted molar refractivity (Wildman–Crippen MR) is 122 cm³/mol. The first-order chi connectivity index (χ1) is 14.8. The van der Waals surface area contributed by atoms with E-state index in [1.54, 1.807) is 12.1 Å². The molecular formula is C24H26ClN3O3. The van der Waals surface area contributed by atoms with Crippen LogP contribution in [0.2, 0.25) is 5.15 Å². The van der Waals surface area contributed by atoms with Gasteiger partial charge < -0.3 is 15.2 Å². The molecule has 0 unspecified atom stereocenters. The average molecular weight is 440 g/mol. The van der Waals surface area contributed by atoms with Crippen molar-refractivity contribution in [3.05, 3.63) is 63.6 Å². The number of carboxylic acid groups (broad SMARTS) is 1. The number of fused-ring (bicyclic) bond motifs is 1. The number of hydrogen-bond donors (Lipinski definition) is 2. The van der Waals surface area contributed by atoms with Gasteiger partial charge in [0.1, 0.15) is 5.15 Å². The largest absolute Gasteiger partial charge is 0.476 e. The molecule has 0 bridgehead atoms. The Morgan fingerprint density at radius 3 is 2.77 bits per heavy atom. The van der Waals surface area contributed by atoms with Gasteiger partial charge in [0.15, 0.2) is 5.69 Å². The van der Waals surface area contributed by atoms with Crippen molar-refractivity contribution in [3.63, 3.8) is 0 Å². The van der Waals surface area contributed by atoms with Crippen molar-refractivity contribution in [3.8, 4) is 0 Å². The minimum Gasteiger partial charge on any atom is -0.476 e. The quantitative estimate of drug-likeness (QED) is 0.498. The Balaban J connectivity index is 1.76. The van der Waals surface area contributed by atoms with Gasteiger partial charge in [-0.05, 0) is 74.6 Å². The zero-order chi connectivity index (χ0) is 22.1. The number of carbonyl (C=O) groups is 1. The third-order valence-electron chi connectivity index (χ3n) is 5.84. The van der Waals surface area contributed by atoms with E-state index in [2.05, 4.69) is 35.4 Å². The molecule has 7 heteroatoms. The lowest BCUT2D eigenvalue weighted by molar-refractivity contribution is 0.0691. The van der Waals surface area contributed by atoms with Crippen LogP contribution in [0.25, 0.3) is 10.9 Å². The van der Waals surface area contributed by atoms with Crippen LogP contribution in [-0.4, -0.2) is 34.3 Å². The maximum atomic E-state index is 11.6. The van der Waals surface area contributed by atoms with Gasteiger partial charge in [0, 0.05) is 29.6 Å². The third kappa shape index (κ3) is 4.50. The van der Waals surface area contributed by atoms with Gasteiger partial charge in [0.05, 0.1) is 17.8 Å². The number of halogens is 1. The number of benzene rings is 1. The maximum absolute atomic E-state index is 11.6. The highest BCUT2D eigenvalue weighted by atomic mass is 35.5. The molecule has 2 atom stereocenters. The molecule has 1 aliphatic heterocycles. The van der Waals surface area contributed by atoms with Gasteiger partial charge in [-0.3, -0.25) is 4.98 Å². The average Bonchev–Trinajstić information content (AvgIpc) is 2.74. The van der Waals surface area contributed by atoms with Crippen LogP contribution in [0.15, 0.2) is 30.3 Å². The number of aromatic nitrogens is 2. The highest BCUT2D eigenvalue weighted by Gasteiger charge is 2.22. The topological polar surface area (TPSA) is 84.3 Å². The lowest BCUT2D eigenvalue weighted by atomic mass is 9.89. The normalized spacial score (nSPS) is 17.5. The molecule has 1 aliphatic rings. The van der Waals surface area contributed by atoms with E-state index in [4.69, 9.17) is 21.3 Å². The number of aryl methyl sites for hydroxylation is 2. The summed E-state index contributed by atoms with van der Waals surface area (Å²) in [5.41, 5.74) is 5.70. The summed E-state index contributed by atoms with van der Waals surface area (Å²) in [4.78, 5) is 20.5. The van der Waals surface area contributed by atoms with Crippen LogP contribution in [0, 0.1) is 13.8 Å². The van der Waals surface area contributed by atoms with Crippen molar-refractivity contribution < 1.29 is 14.6 Å². The summed E-state index contributed by atoms with van der Waals surface area (Å²) in [7, 11) is 0. The van der Waals surface area contributed by atoms with E-state index in [1.165, 1.54) is 5.56 Å². The molecule has 31 heavy (non-hydrogen) atoms. The summed E-state index contributed by atoms with van der Waals surface area (Å²) in [6, 6.07) is 9.53. The number of aromatic carboxylic acids is 1. The van der Waals surface area contributed by atoms with Crippen molar-refractivity contribution in [1.82, 2.24) is 9.97 Å². The fourth-order valence-corrected chi connectivity index (χ4v) is 4.49. The summed E-state index contributed by atoms with van der Waals surface area (Å²) >= 11 is 5.90. The van der Waals surface area contributed by atoms with Crippen molar-refractivity contribution in [2.75, 3.05) is 18.5 Å². The Labute approximate surface area is 186 Å². The molecule has 6 nitrogen and oxygen atoms in total. The molecule has 4 rings (SSSR count). The van der Waals surface area contributed by atoms with Crippen molar-refractivity contribution in [2.45, 2.75) is 45.6 Å². The molecule has 0 spiro atoms. The van der Waals surface area contributed by atoms with E-state index in [9.17, 15) is 9.90 Å². The number of rotatable bonds is 5. The summed E-state index contributed by atoms with van der Waals surface area (Å²) in [5, 5.41) is 14.0. The van der Waals surface area contributed by atoms with E-state index in [1.807, 2.05) is 13.8 Å². The van der Waals surface area contributed by atoms with Gasteiger partial charge in [-0.15, -0.1) is 0 Å². The number of ether oxygens (including phenoxy) is 1. The number of hydrogen-bond acceptors (Lipinski definition) is 5. The molecule has 1 aromatic carbocycles. The van der Waals surface area contributed by atoms with Gasteiger partial charge >= 0.3 is 5.97 Å². The fraction of sp³-hybridized carbons (Fsp3) is 0.375. The zero-order valence-electron chi connectivity index (χ0n) is 17.9. The number of nitrogens with one attached hydrogen (secondary N) is 1. The SMILES string of the molecule is Cc1cc([C@H](C)Nc2ccc(Cl)nc2C(=O)O)c2cc([C@H]3CCCOC3)c(C)nc2c1. The van der Waals surface area contributed by atoms with E-state index >= 15 is 0 Å². The van der Waals surface area contributed by atoms with Crippen LogP contribution < -0.4 is 5.32 Å². The Morgan fingerprint density at radius 1 is 1.26 bits per heavy atom. The highest BCUT2D eigenvalue weighted by molar-refractivity contribution is 6.29. The highest BCUT2D eigenvalue weighted by Crippen LogP contribution is 2.34. The van der Waals surface area contributed by atoms with Crippen molar-refractivity contribution in [1.29, 1.82) is 0 Å². The first kappa shape index (κ1) is 21.5. The zero-order valence-corrected chi connectivity index (χ0v) is 18.7. The molecule has 1 saturated heterocycles. The van der Waals surface area contributed by atoms with E-state index in [0.717, 1.165) is 53.8 Å². The molecule has 0 radical (unpaired) electrons. The van der Waals surface area contributed by atoms with E-state index in [0.29, 0.717) is 11.6 Å². The minimum atomic E-state index is -1.12. The monoisotopic (exact) mass is 439 g/mol. The summed E-state index contributed by atoms with van der Waals surface area (Å²) in [5.74, 6) is -0.773. The van der Waals surface area contributed by atoms with Gasteiger partial charge in [-0.1, -0.05) is 17.7 Å². The molecule has 3 aromatic rings. The molecule has 1 fully saturated rings. The number of nitrogens with zero attached hydrogens (tertiary/aromatic N) is 2. The number of carboxylic acids is 1. The Bertz CT molecular complexity index is 1140. The number of pyridine rings is 2. The minimum absolute atomic E-state index is 0.0923. The second-order valence-electron chi connectivity index (χ2n) is 8.20. The summed E-state index contributed by atoms with van der Waals surface area (Å²) in [6.07, 6.45) is 2.16. The van der Waals surface area contributed by atoms with Gasteiger partial charge in [0.25, 0.3) is 0 Å². The van der Waals surface area contributed by atoms with Gasteiger partial charge in [-0.2, -0.15) is 0 Å². The molecule has 162 valence electrons. The Hall–Kier alpha value is -2.70. The molecule has 3 heterocycles. The standard InChI is InChI=1S/C24H26ClN3O3/c1-13-9-18(15(3)26-20-6-7-22(25)28-23(20)24(29)30)19-11-17(14(2)27-21(19)10-13)16-5-4-8-31-12-16/h6-7,9-11,15-16,26H,4-5,8,12H2,1-3H3,(H,29,30)/t15-,16-/m0/s1. The van der Waals surface area contributed by atoms with Crippen molar-refractivity contribution >= 4 is 34.2 Å². The maximum Gasteiger partial charge on any atom is 0.356 e. The fourth-order valence-electron chi connectivity index (χ4n) is 4.34. The Morgan fingerprint density at radius 2 is 2.06 bits per heavy atom. The third-order valence-corrected chi connectivity index (χ3v) is 6.05. The van der Waals surface area contributed by atoms with E-state index < -0.39 is 5.97 Å². The molecule has 0 aliphatic carbocycles. The Kier molecular flexibility index (Phi) is 6.12. The molecular weight excluding hydrogens is 414 g/mol. The summed E-state index contributed by atoms with van der Waals surface area (Å²) in [6.45, 7) is 7.66. The smallest absolute Gasteiger partial charge is 0.356 e. The summed E-state index contributed by atoms with van der Waals surface area (Å²) < 4.78 is 5.71. The van der Waals surface area contributed by atoms with Crippen LogP contribution >= 0.6 is 11.6 Å². The van der Waals surface area contributed by atoms with Crippen molar-refractivity contribution in [2.24, 2.45) is 0 Å². The number of anilines is 1. The lowest BCUT2D eigenvalue weighted by Gasteiger charge is -2.25. The van der Waals surface area contributed by atoms with Crippen LogP contribution in [0.3, 0.4) is 0 Å². The van der Waals surface area contributed by atoms with Crippen LogP contribution in [-0.2, 0) is 4.74 Å². The molecule has 2 N–H and O–H groups in total. The first-order valence-corrected chi connectivity index (χ1v) is 10.9. The predicted octanol–water partition coefficient (Wildman–Crippen LogP) is 5.67. The molecule has 2 aromatic heterocycles. The first-order valence-electron chi connectivity index (χ1n) is 10.5. The van der Waals surface area contributed by atoms with Gasteiger partial charge in [-0.25, -0.2) is 9.78 Å². The second kappa shape index (κ2) is 8.81. The van der Waals surface area contributed by atoms with Crippen LogP contribution in [0.4, 0.5) is 5.69 Å². The second-order valence-corrected chi connectivity index (χ2v) is 8.59. The van der Waals surface area contributed by atoms with Crippen LogP contribution in [0.1, 0.15) is 64.6 Å². The van der Waals surface area contributed by atoms with E-state index in [-0.39, 0.29) is 16.9 Å². The molecule has 0 saturated carbocycles. The van der Waals surface area contributed by atoms with Gasteiger partial charge in [0.2, 0.25) is 0 Å². The lowest BCUT2D eigenvalue weighted by Crippen LogP contribution is -2.17. The van der Waals surface area contributed by atoms with Crippen LogP contribution in [0.5, 0.6) is 0 Å². The molecule has 0 amide bonds.